The summed E-state index contributed by atoms with van der Waals surface area (Å²) in [5.74, 6) is -1.10. The average Bonchev–Trinajstić information content (AvgIpc) is 2.69. The van der Waals surface area contributed by atoms with Crippen LogP contribution in [-0.2, 0) is 19.6 Å². The number of aromatic nitrogens is 2. The van der Waals surface area contributed by atoms with Gasteiger partial charge < -0.3 is 5.32 Å². The quantitative estimate of drug-likeness (QED) is 0.901. The van der Waals surface area contributed by atoms with Crippen molar-refractivity contribution in [2.45, 2.75) is 33.5 Å². The molecule has 3 nitrogen and oxygen atoms in total. The van der Waals surface area contributed by atoms with Gasteiger partial charge in [-0.3, -0.25) is 4.68 Å². The van der Waals surface area contributed by atoms with E-state index in [1.165, 1.54) is 12.1 Å². The number of hydrogen-bond acceptors (Lipinski definition) is 2. The first kappa shape index (κ1) is 13.7. The van der Waals surface area contributed by atoms with Crippen molar-refractivity contribution in [1.82, 2.24) is 15.1 Å². The highest BCUT2D eigenvalue weighted by Crippen LogP contribution is 2.09. The minimum absolute atomic E-state index is 0.422. The van der Waals surface area contributed by atoms with E-state index in [4.69, 9.17) is 0 Å². The number of aryl methyl sites for hydroxylation is 1. The van der Waals surface area contributed by atoms with Crippen LogP contribution in [0.5, 0.6) is 0 Å². The van der Waals surface area contributed by atoms with E-state index in [9.17, 15) is 8.78 Å². The fourth-order valence-corrected chi connectivity index (χ4v) is 2.03. The van der Waals surface area contributed by atoms with Gasteiger partial charge in [0.25, 0.3) is 0 Å². The maximum absolute atomic E-state index is 13.0. The summed E-state index contributed by atoms with van der Waals surface area (Å²) in [7, 11) is 0. The van der Waals surface area contributed by atoms with Crippen molar-refractivity contribution in [2.75, 3.05) is 0 Å². The zero-order valence-electron chi connectivity index (χ0n) is 11.1. The molecule has 0 atom stereocenters. The van der Waals surface area contributed by atoms with E-state index in [1.807, 2.05) is 24.7 Å². The normalized spacial score (nSPS) is 10.9. The Morgan fingerprint density at radius 1 is 1.16 bits per heavy atom. The minimum atomic E-state index is -0.549. The first-order chi connectivity index (χ1) is 9.10. The first-order valence-corrected chi connectivity index (χ1v) is 6.27. The number of halogens is 2. The highest BCUT2D eigenvalue weighted by Gasteiger charge is 2.05. The van der Waals surface area contributed by atoms with Crippen LogP contribution in [0.3, 0.4) is 0 Å². The lowest BCUT2D eigenvalue weighted by Crippen LogP contribution is -2.13. The van der Waals surface area contributed by atoms with Crippen LogP contribution in [0, 0.1) is 18.6 Å². The summed E-state index contributed by atoms with van der Waals surface area (Å²) < 4.78 is 27.9. The highest BCUT2D eigenvalue weighted by molar-refractivity contribution is 5.19. The van der Waals surface area contributed by atoms with Crippen LogP contribution >= 0.6 is 0 Å². The van der Waals surface area contributed by atoms with Gasteiger partial charge in [-0.05, 0) is 31.5 Å². The van der Waals surface area contributed by atoms with Gasteiger partial charge in [0.1, 0.15) is 11.6 Å². The molecular weight excluding hydrogens is 248 g/mol. The fourth-order valence-electron chi connectivity index (χ4n) is 2.03. The van der Waals surface area contributed by atoms with E-state index in [1.54, 1.807) is 0 Å². The summed E-state index contributed by atoms with van der Waals surface area (Å²) in [6.07, 6.45) is 1.82. The second-order valence-electron chi connectivity index (χ2n) is 4.45. The third-order valence-electron chi connectivity index (χ3n) is 3.07. The van der Waals surface area contributed by atoms with Crippen molar-refractivity contribution in [3.8, 4) is 0 Å². The van der Waals surface area contributed by atoms with E-state index in [0.29, 0.717) is 18.7 Å². The summed E-state index contributed by atoms with van der Waals surface area (Å²) >= 11 is 0. The van der Waals surface area contributed by atoms with Crippen LogP contribution in [0.1, 0.15) is 23.7 Å². The van der Waals surface area contributed by atoms with Gasteiger partial charge >= 0.3 is 0 Å². The smallest absolute Gasteiger partial charge is 0.126 e. The molecule has 0 spiro atoms. The number of rotatable bonds is 5. The molecule has 0 aliphatic heterocycles. The molecular formula is C14H17F2N3. The molecule has 19 heavy (non-hydrogen) atoms. The lowest BCUT2D eigenvalue weighted by Gasteiger charge is -2.06. The zero-order chi connectivity index (χ0) is 13.8. The van der Waals surface area contributed by atoms with Crippen molar-refractivity contribution in [2.24, 2.45) is 0 Å². The van der Waals surface area contributed by atoms with Crippen molar-refractivity contribution in [3.05, 3.63) is 52.9 Å². The van der Waals surface area contributed by atoms with Gasteiger partial charge in [-0.1, -0.05) is 0 Å². The standard InChI is InChI=1S/C14H17F2N3/c1-3-19-10(2)12(9-18-19)8-17-7-11-4-13(15)6-14(16)5-11/h4-6,9,17H,3,7-8H2,1-2H3. The Bertz CT molecular complexity index is 544. The second-order valence-corrected chi connectivity index (χ2v) is 4.45. The Labute approximate surface area is 111 Å². The highest BCUT2D eigenvalue weighted by atomic mass is 19.1. The van der Waals surface area contributed by atoms with Crippen LogP contribution in [0.2, 0.25) is 0 Å². The Morgan fingerprint density at radius 2 is 1.84 bits per heavy atom. The topological polar surface area (TPSA) is 29.9 Å². The molecule has 0 saturated heterocycles. The maximum Gasteiger partial charge on any atom is 0.126 e. The number of nitrogens with one attached hydrogen (secondary N) is 1. The fraction of sp³-hybridized carbons (Fsp3) is 0.357. The van der Waals surface area contributed by atoms with E-state index in [-0.39, 0.29) is 0 Å². The second kappa shape index (κ2) is 5.93. The monoisotopic (exact) mass is 265 g/mol. The van der Waals surface area contributed by atoms with Crippen LogP contribution in [0.4, 0.5) is 8.78 Å². The van der Waals surface area contributed by atoms with Gasteiger partial charge in [0, 0.05) is 37.0 Å². The molecule has 2 rings (SSSR count). The zero-order valence-corrected chi connectivity index (χ0v) is 11.1. The molecule has 2 aromatic rings. The number of benzene rings is 1. The summed E-state index contributed by atoms with van der Waals surface area (Å²) in [4.78, 5) is 0. The van der Waals surface area contributed by atoms with Crippen molar-refractivity contribution >= 4 is 0 Å². The predicted octanol–water partition coefficient (Wildman–Crippen LogP) is 2.78. The van der Waals surface area contributed by atoms with E-state index >= 15 is 0 Å². The van der Waals surface area contributed by atoms with Gasteiger partial charge in [0.2, 0.25) is 0 Å². The summed E-state index contributed by atoms with van der Waals surface area (Å²) in [5, 5.41) is 7.41. The summed E-state index contributed by atoms with van der Waals surface area (Å²) in [5.41, 5.74) is 2.80. The van der Waals surface area contributed by atoms with Gasteiger partial charge in [0.15, 0.2) is 0 Å². The van der Waals surface area contributed by atoms with Crippen molar-refractivity contribution in [1.29, 1.82) is 0 Å². The average molecular weight is 265 g/mol. The Hall–Kier alpha value is -1.75. The molecule has 0 amide bonds. The van der Waals surface area contributed by atoms with Gasteiger partial charge in [-0.15, -0.1) is 0 Å². The third kappa shape index (κ3) is 3.38. The lowest BCUT2D eigenvalue weighted by molar-refractivity contribution is 0.575. The molecule has 1 aromatic heterocycles. The summed E-state index contributed by atoms with van der Waals surface area (Å²) in [6, 6.07) is 3.54. The molecule has 102 valence electrons. The van der Waals surface area contributed by atoms with E-state index in [0.717, 1.165) is 23.9 Å². The first-order valence-electron chi connectivity index (χ1n) is 6.27. The predicted molar refractivity (Wildman–Crippen MR) is 69.5 cm³/mol. The van der Waals surface area contributed by atoms with Crippen LogP contribution < -0.4 is 5.32 Å². The molecule has 0 bridgehead atoms. The Kier molecular flexibility index (Phi) is 4.27. The number of nitrogens with zero attached hydrogens (tertiary/aromatic N) is 2. The Morgan fingerprint density at radius 3 is 2.42 bits per heavy atom. The van der Waals surface area contributed by atoms with Gasteiger partial charge in [0.05, 0.1) is 6.20 Å². The molecule has 0 aliphatic carbocycles. The third-order valence-corrected chi connectivity index (χ3v) is 3.07. The molecule has 1 aromatic carbocycles. The molecule has 1 N–H and O–H groups in total. The maximum atomic E-state index is 13.0. The molecule has 1 heterocycles. The van der Waals surface area contributed by atoms with Gasteiger partial charge in [-0.2, -0.15) is 5.10 Å². The largest absolute Gasteiger partial charge is 0.308 e. The molecule has 0 radical (unpaired) electrons. The van der Waals surface area contributed by atoms with Crippen molar-refractivity contribution in [3.63, 3.8) is 0 Å². The van der Waals surface area contributed by atoms with E-state index < -0.39 is 11.6 Å². The van der Waals surface area contributed by atoms with Crippen LogP contribution in [0.15, 0.2) is 24.4 Å². The van der Waals surface area contributed by atoms with Gasteiger partial charge in [-0.25, -0.2) is 8.78 Å². The lowest BCUT2D eigenvalue weighted by atomic mass is 10.2. The molecule has 5 heteroatoms. The Balaban J connectivity index is 1.94. The SMILES string of the molecule is CCn1ncc(CNCc2cc(F)cc(F)c2)c1C. The molecule has 0 fully saturated rings. The number of hydrogen-bond donors (Lipinski definition) is 1. The minimum Gasteiger partial charge on any atom is -0.308 e. The molecule has 0 saturated carbocycles. The molecule has 0 unspecified atom stereocenters. The van der Waals surface area contributed by atoms with Crippen molar-refractivity contribution < 1.29 is 8.78 Å². The van der Waals surface area contributed by atoms with Crippen LogP contribution in [0.25, 0.3) is 0 Å². The van der Waals surface area contributed by atoms with Crippen LogP contribution in [-0.4, -0.2) is 9.78 Å². The molecule has 0 aliphatic rings. The summed E-state index contributed by atoms with van der Waals surface area (Å²) in [6.45, 7) is 5.93. The van der Waals surface area contributed by atoms with E-state index in [2.05, 4.69) is 10.4 Å².